The van der Waals surface area contributed by atoms with E-state index in [1.807, 2.05) is 44.2 Å². The highest BCUT2D eigenvalue weighted by atomic mass is 32.1. The van der Waals surface area contributed by atoms with Crippen molar-refractivity contribution >= 4 is 32.5 Å². The summed E-state index contributed by atoms with van der Waals surface area (Å²) >= 11 is 1.48. The molecule has 0 spiro atoms. The number of benzene rings is 1. The fraction of sp³-hybridized carbons (Fsp3) is 0.250. The van der Waals surface area contributed by atoms with Gasteiger partial charge in [0.05, 0.1) is 16.3 Å². The number of nitrogens with zero attached hydrogens (tertiary/aromatic N) is 1. The van der Waals surface area contributed by atoms with Crippen LogP contribution >= 0.6 is 11.3 Å². The third-order valence-electron chi connectivity index (χ3n) is 3.51. The van der Waals surface area contributed by atoms with Gasteiger partial charge in [0.1, 0.15) is 0 Å². The van der Waals surface area contributed by atoms with Crippen LogP contribution in [0.5, 0.6) is 0 Å². The molecule has 22 heavy (non-hydrogen) atoms. The molecule has 0 aliphatic rings. The number of rotatable bonds is 2. The van der Waals surface area contributed by atoms with Crippen molar-refractivity contribution in [2.45, 2.75) is 26.7 Å². The summed E-state index contributed by atoms with van der Waals surface area (Å²) in [6.45, 7) is 5.51. The summed E-state index contributed by atoms with van der Waals surface area (Å²) in [5.41, 5.74) is 0.615. The van der Waals surface area contributed by atoms with Gasteiger partial charge in [-0.05, 0) is 30.4 Å². The summed E-state index contributed by atoms with van der Waals surface area (Å²) in [5.74, 6) is 0.00891. The molecule has 0 aliphatic carbocycles. The highest BCUT2D eigenvalue weighted by molar-refractivity contribution is 7.22. The SMILES string of the molecule is Cc1c(C(C)C)c(=O)on1C(=O)Nc1cc2ccccc2s1. The van der Waals surface area contributed by atoms with E-state index in [0.717, 1.165) is 14.8 Å². The normalized spacial score (nSPS) is 11.3. The second-order valence-corrected chi connectivity index (χ2v) is 6.49. The van der Waals surface area contributed by atoms with Gasteiger partial charge >= 0.3 is 11.7 Å². The van der Waals surface area contributed by atoms with E-state index in [2.05, 4.69) is 5.32 Å². The zero-order valence-electron chi connectivity index (χ0n) is 12.5. The maximum Gasteiger partial charge on any atom is 0.361 e. The number of carbonyl (C=O) groups is 1. The lowest BCUT2D eigenvalue weighted by molar-refractivity contribution is 0.217. The third-order valence-corrected chi connectivity index (χ3v) is 4.54. The van der Waals surface area contributed by atoms with E-state index < -0.39 is 11.7 Å². The van der Waals surface area contributed by atoms with Gasteiger partial charge in [-0.3, -0.25) is 5.32 Å². The Hall–Kier alpha value is -2.34. The first-order chi connectivity index (χ1) is 10.5. The lowest BCUT2D eigenvalue weighted by Gasteiger charge is -2.04. The third kappa shape index (κ3) is 2.46. The zero-order chi connectivity index (χ0) is 15.9. The van der Waals surface area contributed by atoms with E-state index in [4.69, 9.17) is 4.52 Å². The van der Waals surface area contributed by atoms with Crippen molar-refractivity contribution in [1.29, 1.82) is 0 Å². The van der Waals surface area contributed by atoms with Crippen LogP contribution in [0.2, 0.25) is 0 Å². The number of nitrogens with one attached hydrogen (secondary N) is 1. The highest BCUT2D eigenvalue weighted by Crippen LogP contribution is 2.29. The largest absolute Gasteiger partial charge is 0.361 e. The lowest BCUT2D eigenvalue weighted by Crippen LogP contribution is -2.19. The minimum atomic E-state index is -0.465. The van der Waals surface area contributed by atoms with E-state index in [-0.39, 0.29) is 5.92 Å². The van der Waals surface area contributed by atoms with Crippen molar-refractivity contribution < 1.29 is 9.32 Å². The van der Waals surface area contributed by atoms with E-state index in [1.165, 1.54) is 11.3 Å². The van der Waals surface area contributed by atoms with Crippen LogP contribution in [-0.4, -0.2) is 10.8 Å². The molecule has 114 valence electrons. The van der Waals surface area contributed by atoms with Gasteiger partial charge in [0, 0.05) is 4.70 Å². The van der Waals surface area contributed by atoms with E-state index in [1.54, 1.807) is 6.92 Å². The number of aromatic nitrogens is 1. The Labute approximate surface area is 131 Å². The monoisotopic (exact) mass is 316 g/mol. The van der Waals surface area contributed by atoms with Crippen molar-refractivity contribution in [1.82, 2.24) is 4.74 Å². The number of fused-ring (bicyclic) bond motifs is 1. The topological polar surface area (TPSA) is 64.2 Å². The van der Waals surface area contributed by atoms with Crippen LogP contribution < -0.4 is 10.9 Å². The molecule has 3 rings (SSSR count). The standard InChI is InChI=1S/C16H16N2O3S/c1-9(2)14-10(3)18(21-15(14)19)16(20)17-13-8-11-6-4-5-7-12(11)22-13/h4-9H,1-3H3,(H,17,20). The summed E-state index contributed by atoms with van der Waals surface area (Å²) in [5, 5.41) is 4.56. The maximum absolute atomic E-state index is 12.3. The molecule has 0 unspecified atom stereocenters. The molecule has 2 aromatic heterocycles. The predicted molar refractivity (Wildman–Crippen MR) is 88.0 cm³/mol. The second-order valence-electron chi connectivity index (χ2n) is 5.41. The van der Waals surface area contributed by atoms with Gasteiger partial charge in [0.2, 0.25) is 0 Å². The Bertz CT molecular complexity index is 869. The molecular formula is C16H16N2O3S. The summed E-state index contributed by atoms with van der Waals surface area (Å²) in [4.78, 5) is 24.2. The van der Waals surface area contributed by atoms with Crippen LogP contribution in [0.1, 0.15) is 31.0 Å². The Balaban J connectivity index is 1.91. The van der Waals surface area contributed by atoms with Crippen molar-refractivity contribution in [3.63, 3.8) is 0 Å². The molecule has 3 aromatic rings. The van der Waals surface area contributed by atoms with Crippen LogP contribution in [0, 0.1) is 6.92 Å². The number of hydrogen-bond donors (Lipinski definition) is 1. The first-order valence-electron chi connectivity index (χ1n) is 7.00. The number of anilines is 1. The molecule has 0 atom stereocenters. The maximum atomic E-state index is 12.3. The Morgan fingerprint density at radius 2 is 2.05 bits per heavy atom. The first-order valence-corrected chi connectivity index (χ1v) is 7.81. The summed E-state index contributed by atoms with van der Waals surface area (Å²) in [7, 11) is 0. The average molecular weight is 316 g/mol. The highest BCUT2D eigenvalue weighted by Gasteiger charge is 2.21. The fourth-order valence-corrected chi connectivity index (χ4v) is 3.46. The average Bonchev–Trinajstić information content (AvgIpc) is 2.98. The van der Waals surface area contributed by atoms with Gasteiger partial charge in [-0.1, -0.05) is 32.0 Å². The molecule has 5 nitrogen and oxygen atoms in total. The molecule has 0 radical (unpaired) electrons. The lowest BCUT2D eigenvalue weighted by atomic mass is 10.1. The van der Waals surface area contributed by atoms with Gasteiger partial charge in [0.15, 0.2) is 0 Å². The Kier molecular flexibility index (Phi) is 3.62. The van der Waals surface area contributed by atoms with Crippen molar-refractivity contribution in [2.75, 3.05) is 5.32 Å². The number of thiophene rings is 1. The number of hydrogen-bond acceptors (Lipinski definition) is 4. The summed E-state index contributed by atoms with van der Waals surface area (Å²) in [6, 6.07) is 9.32. The van der Waals surface area contributed by atoms with Gasteiger partial charge < -0.3 is 4.52 Å². The minimum absolute atomic E-state index is 0.00891. The summed E-state index contributed by atoms with van der Waals surface area (Å²) in [6.07, 6.45) is 0. The van der Waals surface area contributed by atoms with Crippen molar-refractivity contribution in [2.24, 2.45) is 0 Å². The number of carbonyl (C=O) groups excluding carboxylic acids is 1. The molecule has 2 heterocycles. The van der Waals surface area contributed by atoms with Crippen LogP contribution in [0.4, 0.5) is 9.80 Å². The molecule has 1 amide bonds. The van der Waals surface area contributed by atoms with Gasteiger partial charge in [-0.15, -0.1) is 16.1 Å². The smallest absolute Gasteiger partial charge is 0.327 e. The Morgan fingerprint density at radius 1 is 1.32 bits per heavy atom. The van der Waals surface area contributed by atoms with E-state index >= 15 is 0 Å². The van der Waals surface area contributed by atoms with E-state index in [9.17, 15) is 9.59 Å². The van der Waals surface area contributed by atoms with Crippen LogP contribution in [0.3, 0.4) is 0 Å². The van der Waals surface area contributed by atoms with Crippen molar-refractivity contribution in [3.8, 4) is 0 Å². The molecule has 6 heteroatoms. The second kappa shape index (κ2) is 5.46. The summed E-state index contributed by atoms with van der Waals surface area (Å²) < 4.78 is 7.19. The van der Waals surface area contributed by atoms with Crippen LogP contribution in [0.15, 0.2) is 39.6 Å². The van der Waals surface area contributed by atoms with Gasteiger partial charge in [-0.25, -0.2) is 9.59 Å². The molecule has 1 N–H and O–H groups in total. The zero-order valence-corrected chi connectivity index (χ0v) is 13.4. The molecule has 1 aromatic carbocycles. The van der Waals surface area contributed by atoms with Crippen LogP contribution in [0.25, 0.3) is 10.1 Å². The number of amides is 1. The minimum Gasteiger partial charge on any atom is -0.327 e. The molecule has 0 aliphatic heterocycles. The Morgan fingerprint density at radius 3 is 2.68 bits per heavy atom. The molecule has 0 fully saturated rings. The van der Waals surface area contributed by atoms with Crippen LogP contribution in [-0.2, 0) is 0 Å². The first kappa shape index (κ1) is 14.6. The fourth-order valence-electron chi connectivity index (χ4n) is 2.50. The molecule has 0 bridgehead atoms. The predicted octanol–water partition coefficient (Wildman–Crippen LogP) is 4.17. The molecule has 0 saturated carbocycles. The molecular weight excluding hydrogens is 300 g/mol. The van der Waals surface area contributed by atoms with E-state index in [0.29, 0.717) is 16.3 Å². The van der Waals surface area contributed by atoms with Crippen molar-refractivity contribution in [3.05, 3.63) is 52.0 Å². The van der Waals surface area contributed by atoms with Gasteiger partial charge in [0.25, 0.3) is 0 Å². The molecule has 0 saturated heterocycles. The quantitative estimate of drug-likeness (QED) is 0.772. The van der Waals surface area contributed by atoms with Gasteiger partial charge in [-0.2, -0.15) is 0 Å².